The van der Waals surface area contributed by atoms with E-state index in [4.69, 9.17) is 0 Å². The van der Waals surface area contributed by atoms with Crippen molar-refractivity contribution in [3.8, 4) is 0 Å². The molecule has 0 atom stereocenters. The van der Waals surface area contributed by atoms with E-state index in [0.29, 0.717) is 12.3 Å². The first-order chi connectivity index (χ1) is 14.1. The average Bonchev–Trinajstić information content (AvgIpc) is 3.36. The maximum atomic E-state index is 12.8. The summed E-state index contributed by atoms with van der Waals surface area (Å²) < 4.78 is 29.6. The van der Waals surface area contributed by atoms with Crippen molar-refractivity contribution >= 4 is 40.0 Å². The molecule has 0 amide bonds. The van der Waals surface area contributed by atoms with E-state index in [1.165, 1.54) is 0 Å². The minimum atomic E-state index is -2.57. The number of pyridine rings is 1. The second kappa shape index (κ2) is 8.28. The van der Waals surface area contributed by atoms with E-state index in [1.807, 2.05) is 42.2 Å². The summed E-state index contributed by atoms with van der Waals surface area (Å²) in [6.45, 7) is 2.71. The van der Waals surface area contributed by atoms with Gasteiger partial charge in [-0.05, 0) is 30.1 Å². The molecule has 1 aromatic carbocycles. The van der Waals surface area contributed by atoms with Gasteiger partial charge in [0.15, 0.2) is 0 Å². The van der Waals surface area contributed by atoms with Gasteiger partial charge in [-0.25, -0.2) is 8.78 Å². The molecule has 29 heavy (non-hydrogen) atoms. The first-order valence-electron chi connectivity index (χ1n) is 9.24. The number of hydrogen-bond acceptors (Lipinski definition) is 6. The molecule has 0 bridgehead atoms. The number of para-hydroxylation sites is 1. The number of halogens is 2. The number of hydrogen-bond donors (Lipinski definition) is 0. The number of rotatable bonds is 7. The normalized spacial score (nSPS) is 13.8. The summed E-state index contributed by atoms with van der Waals surface area (Å²) in [7, 11) is 1.94. The van der Waals surface area contributed by atoms with Gasteiger partial charge >= 0.3 is 0 Å². The van der Waals surface area contributed by atoms with Gasteiger partial charge in [0.05, 0.1) is 35.4 Å². The lowest BCUT2D eigenvalue weighted by molar-refractivity contribution is 0.224. The molecule has 0 saturated heterocycles. The number of aromatic nitrogens is 3. The summed E-state index contributed by atoms with van der Waals surface area (Å²) in [5.74, 6) is 0.914. The Morgan fingerprint density at radius 2 is 2.03 bits per heavy atom. The van der Waals surface area contributed by atoms with Crippen LogP contribution in [-0.2, 0) is 13.6 Å². The molecule has 1 aliphatic heterocycles. The predicted octanol–water partition coefficient (Wildman–Crippen LogP) is 4.46. The lowest BCUT2D eigenvalue weighted by Crippen LogP contribution is -2.17. The third kappa shape index (κ3) is 4.00. The Morgan fingerprint density at radius 3 is 2.72 bits per heavy atom. The van der Waals surface area contributed by atoms with Crippen LogP contribution in [0.1, 0.15) is 24.6 Å². The quantitative estimate of drug-likeness (QED) is 0.536. The monoisotopic (exact) mass is 414 g/mol. The molecule has 3 heterocycles. The maximum Gasteiger partial charge on any atom is 0.278 e. The molecule has 3 aromatic rings. The molecule has 0 aliphatic carbocycles. The standard InChI is InChI=1S/C20H20F2N6S/c1-3-29-28(18-6-4-5-14-11-24-27(2)19(14)18)12-15-8-7-13(10-23-15)16-9-17(20(21)22)26-25-16/h4-8,10-11,20H,3,9,12H2,1-2H3. The summed E-state index contributed by atoms with van der Waals surface area (Å²) in [6, 6.07) is 9.93. The Kier molecular flexibility index (Phi) is 5.57. The SMILES string of the molecule is CCSN(Cc1ccc(C2=NN=C(C(F)F)C2)cn1)c1cccc2cnn(C)c12. The van der Waals surface area contributed by atoms with E-state index in [1.54, 1.807) is 18.1 Å². The third-order valence-electron chi connectivity index (χ3n) is 4.66. The van der Waals surface area contributed by atoms with Crippen LogP contribution < -0.4 is 4.31 Å². The van der Waals surface area contributed by atoms with Gasteiger partial charge in [0.2, 0.25) is 0 Å². The average molecular weight is 414 g/mol. The Bertz CT molecular complexity index is 1070. The zero-order valence-electron chi connectivity index (χ0n) is 16.1. The fourth-order valence-electron chi connectivity index (χ4n) is 3.25. The van der Waals surface area contributed by atoms with Gasteiger partial charge in [-0.2, -0.15) is 15.3 Å². The molecule has 4 rings (SSSR count). The molecule has 9 heteroatoms. The van der Waals surface area contributed by atoms with Gasteiger partial charge in [0.1, 0.15) is 5.71 Å². The Balaban J connectivity index is 1.54. The first-order valence-corrected chi connectivity index (χ1v) is 10.2. The lowest BCUT2D eigenvalue weighted by Gasteiger charge is -2.23. The summed E-state index contributed by atoms with van der Waals surface area (Å²) in [5, 5.41) is 12.9. The van der Waals surface area contributed by atoms with Crippen molar-refractivity contribution in [3.05, 3.63) is 54.0 Å². The van der Waals surface area contributed by atoms with E-state index >= 15 is 0 Å². The van der Waals surface area contributed by atoms with Gasteiger partial charge in [0.25, 0.3) is 6.43 Å². The molecule has 1 aliphatic rings. The van der Waals surface area contributed by atoms with Crippen molar-refractivity contribution in [1.82, 2.24) is 14.8 Å². The van der Waals surface area contributed by atoms with Gasteiger partial charge in [-0.1, -0.05) is 19.1 Å². The topological polar surface area (TPSA) is 58.7 Å². The van der Waals surface area contributed by atoms with Crippen LogP contribution >= 0.6 is 11.9 Å². The molecule has 0 unspecified atom stereocenters. The molecular weight excluding hydrogens is 394 g/mol. The minimum absolute atomic E-state index is 0.0684. The molecule has 0 N–H and O–H groups in total. The molecule has 6 nitrogen and oxygen atoms in total. The van der Waals surface area contributed by atoms with Crippen molar-refractivity contribution in [3.63, 3.8) is 0 Å². The number of aryl methyl sites for hydroxylation is 1. The van der Waals surface area contributed by atoms with Crippen molar-refractivity contribution in [1.29, 1.82) is 0 Å². The summed E-state index contributed by atoms with van der Waals surface area (Å²) >= 11 is 1.71. The number of benzene rings is 1. The van der Waals surface area contributed by atoms with E-state index in [2.05, 4.69) is 37.6 Å². The van der Waals surface area contributed by atoms with Gasteiger partial charge in [-0.3, -0.25) is 9.67 Å². The number of anilines is 1. The Hall–Kier alpha value is -2.81. The molecule has 0 saturated carbocycles. The van der Waals surface area contributed by atoms with Crippen molar-refractivity contribution in [2.75, 3.05) is 10.1 Å². The smallest absolute Gasteiger partial charge is 0.278 e. The van der Waals surface area contributed by atoms with E-state index in [-0.39, 0.29) is 12.1 Å². The molecule has 0 spiro atoms. The van der Waals surface area contributed by atoms with Crippen molar-refractivity contribution in [2.24, 2.45) is 17.3 Å². The van der Waals surface area contributed by atoms with Crippen LogP contribution in [0.5, 0.6) is 0 Å². The molecule has 2 aromatic heterocycles. The molecular formula is C20H20F2N6S. The van der Waals surface area contributed by atoms with Crippen LogP contribution in [0.2, 0.25) is 0 Å². The van der Waals surface area contributed by atoms with Crippen molar-refractivity contribution in [2.45, 2.75) is 26.3 Å². The molecule has 150 valence electrons. The fourth-order valence-corrected chi connectivity index (χ4v) is 4.07. The zero-order valence-corrected chi connectivity index (χ0v) is 16.9. The first kappa shape index (κ1) is 19.5. The summed E-state index contributed by atoms with van der Waals surface area (Å²) in [5.41, 5.74) is 4.08. The Labute approximate surface area is 171 Å². The lowest BCUT2D eigenvalue weighted by atomic mass is 10.1. The highest BCUT2D eigenvalue weighted by Gasteiger charge is 2.22. The Morgan fingerprint density at radius 1 is 1.17 bits per heavy atom. The van der Waals surface area contributed by atoms with Gasteiger partial charge < -0.3 is 4.31 Å². The predicted molar refractivity (Wildman–Crippen MR) is 114 cm³/mol. The van der Waals surface area contributed by atoms with E-state index < -0.39 is 6.43 Å². The largest absolute Gasteiger partial charge is 0.308 e. The van der Waals surface area contributed by atoms with Crippen LogP contribution in [0.3, 0.4) is 0 Å². The summed E-state index contributed by atoms with van der Waals surface area (Å²) in [6.07, 6.45) is 1.03. The molecule has 0 fully saturated rings. The number of alkyl halides is 2. The third-order valence-corrected chi connectivity index (χ3v) is 5.55. The van der Waals surface area contributed by atoms with Crippen molar-refractivity contribution < 1.29 is 8.78 Å². The van der Waals surface area contributed by atoms with Crippen LogP contribution in [0.25, 0.3) is 10.9 Å². The van der Waals surface area contributed by atoms with Crippen LogP contribution in [-0.4, -0.2) is 38.4 Å². The second-order valence-electron chi connectivity index (χ2n) is 6.59. The molecule has 0 radical (unpaired) electrons. The van der Waals surface area contributed by atoms with Gasteiger partial charge in [0, 0.05) is 36.4 Å². The highest BCUT2D eigenvalue weighted by molar-refractivity contribution is 8.00. The highest BCUT2D eigenvalue weighted by atomic mass is 32.2. The van der Waals surface area contributed by atoms with Crippen LogP contribution in [0.15, 0.2) is 52.9 Å². The van der Waals surface area contributed by atoms with Crippen LogP contribution in [0.4, 0.5) is 14.5 Å². The van der Waals surface area contributed by atoms with E-state index in [0.717, 1.165) is 33.6 Å². The maximum absolute atomic E-state index is 12.8. The summed E-state index contributed by atoms with van der Waals surface area (Å²) in [4.78, 5) is 4.53. The van der Waals surface area contributed by atoms with Crippen LogP contribution in [0, 0.1) is 0 Å². The minimum Gasteiger partial charge on any atom is -0.308 e. The zero-order chi connectivity index (χ0) is 20.4. The van der Waals surface area contributed by atoms with E-state index in [9.17, 15) is 8.78 Å². The number of nitrogens with zero attached hydrogens (tertiary/aromatic N) is 6. The van der Waals surface area contributed by atoms with Gasteiger partial charge in [-0.15, -0.1) is 0 Å². The number of fused-ring (bicyclic) bond motifs is 1. The highest BCUT2D eigenvalue weighted by Crippen LogP contribution is 2.32. The second-order valence-corrected chi connectivity index (χ2v) is 7.87. The fraction of sp³-hybridized carbons (Fsp3) is 0.300.